The summed E-state index contributed by atoms with van der Waals surface area (Å²) in [6, 6.07) is 7.40. The summed E-state index contributed by atoms with van der Waals surface area (Å²) < 4.78 is 31.6. The smallest absolute Gasteiger partial charge is 0.216 e. The number of nitrogens with zero attached hydrogens (tertiary/aromatic N) is 1. The van der Waals surface area contributed by atoms with Gasteiger partial charge in [0, 0.05) is 12.6 Å². The minimum Gasteiger partial charge on any atom is -0.497 e. The molecular formula is C14H24N2O4S. The molecule has 0 aromatic heterocycles. The van der Waals surface area contributed by atoms with Crippen LogP contribution in [0.5, 0.6) is 5.75 Å². The standard InChI is InChI=1S/C14H24N2O4S/c1-11(10-17)21(18,19)15-9-14(16(2)3)12-6-5-7-13(8-12)20-4/h5-8,11,14-15,17H,9-10H2,1-4H3. The predicted molar refractivity (Wildman–Crippen MR) is 82.9 cm³/mol. The topological polar surface area (TPSA) is 78.9 Å². The van der Waals surface area contributed by atoms with Gasteiger partial charge in [-0.15, -0.1) is 0 Å². The Kier molecular flexibility index (Phi) is 6.60. The van der Waals surface area contributed by atoms with Crippen LogP contribution in [-0.4, -0.2) is 58.0 Å². The predicted octanol–water partition coefficient (Wildman–Crippen LogP) is 0.598. The second-order valence-corrected chi connectivity index (χ2v) is 7.33. The van der Waals surface area contributed by atoms with Crippen molar-refractivity contribution in [3.8, 4) is 5.75 Å². The van der Waals surface area contributed by atoms with Crippen molar-refractivity contribution >= 4 is 10.0 Å². The van der Waals surface area contributed by atoms with Gasteiger partial charge in [-0.2, -0.15) is 0 Å². The average Bonchev–Trinajstić information content (AvgIpc) is 2.46. The van der Waals surface area contributed by atoms with Crippen molar-refractivity contribution in [1.82, 2.24) is 9.62 Å². The van der Waals surface area contributed by atoms with E-state index in [2.05, 4.69) is 4.72 Å². The molecule has 6 nitrogen and oxygen atoms in total. The molecular weight excluding hydrogens is 292 g/mol. The number of methoxy groups -OCH3 is 1. The van der Waals surface area contributed by atoms with Crippen LogP contribution in [0.4, 0.5) is 0 Å². The number of hydrogen-bond acceptors (Lipinski definition) is 5. The molecule has 0 fully saturated rings. The van der Waals surface area contributed by atoms with Crippen LogP contribution in [-0.2, 0) is 10.0 Å². The molecule has 0 aliphatic rings. The Balaban J connectivity index is 2.88. The van der Waals surface area contributed by atoms with Gasteiger partial charge >= 0.3 is 0 Å². The Morgan fingerprint density at radius 1 is 1.38 bits per heavy atom. The van der Waals surface area contributed by atoms with E-state index in [1.54, 1.807) is 7.11 Å². The number of aliphatic hydroxyl groups excluding tert-OH is 1. The largest absolute Gasteiger partial charge is 0.497 e. The summed E-state index contributed by atoms with van der Waals surface area (Å²) in [4.78, 5) is 1.93. The second kappa shape index (κ2) is 7.74. The van der Waals surface area contributed by atoms with E-state index in [4.69, 9.17) is 9.84 Å². The van der Waals surface area contributed by atoms with Crippen LogP contribution in [0.2, 0.25) is 0 Å². The Labute approximate surface area is 126 Å². The zero-order valence-corrected chi connectivity index (χ0v) is 13.7. The third-order valence-corrected chi connectivity index (χ3v) is 5.14. The molecule has 7 heteroatoms. The number of rotatable bonds is 8. The lowest BCUT2D eigenvalue weighted by Crippen LogP contribution is -2.39. The molecule has 0 amide bonds. The monoisotopic (exact) mass is 316 g/mol. The molecule has 0 heterocycles. The summed E-state index contributed by atoms with van der Waals surface area (Å²) in [5, 5.41) is 8.16. The van der Waals surface area contributed by atoms with Crippen molar-refractivity contribution in [2.24, 2.45) is 0 Å². The van der Waals surface area contributed by atoms with Crippen LogP contribution in [0.1, 0.15) is 18.5 Å². The molecule has 1 rings (SSSR count). The molecule has 0 aliphatic heterocycles. The first-order valence-electron chi connectivity index (χ1n) is 6.71. The molecule has 0 spiro atoms. The van der Waals surface area contributed by atoms with Crippen molar-refractivity contribution in [2.75, 3.05) is 34.4 Å². The lowest BCUT2D eigenvalue weighted by atomic mass is 10.1. The van der Waals surface area contributed by atoms with Crippen molar-refractivity contribution < 1.29 is 18.3 Å². The summed E-state index contributed by atoms with van der Waals surface area (Å²) in [7, 11) is 1.84. The van der Waals surface area contributed by atoms with E-state index in [-0.39, 0.29) is 12.6 Å². The SMILES string of the molecule is COc1cccc(C(CNS(=O)(=O)C(C)CO)N(C)C)c1. The Hall–Kier alpha value is -1.15. The van der Waals surface area contributed by atoms with Gasteiger partial charge in [0.1, 0.15) is 5.75 Å². The van der Waals surface area contributed by atoms with E-state index < -0.39 is 21.9 Å². The summed E-state index contributed by atoms with van der Waals surface area (Å²) in [5.41, 5.74) is 0.957. The first kappa shape index (κ1) is 17.9. The van der Waals surface area contributed by atoms with Crippen LogP contribution in [0, 0.1) is 0 Å². The summed E-state index contributed by atoms with van der Waals surface area (Å²) in [6.07, 6.45) is 0. The number of ether oxygens (including phenoxy) is 1. The molecule has 2 atom stereocenters. The van der Waals surface area contributed by atoms with Crippen molar-refractivity contribution in [3.05, 3.63) is 29.8 Å². The fourth-order valence-corrected chi connectivity index (χ4v) is 2.75. The Morgan fingerprint density at radius 2 is 2.05 bits per heavy atom. The average molecular weight is 316 g/mol. The van der Waals surface area contributed by atoms with E-state index in [1.807, 2.05) is 43.3 Å². The van der Waals surface area contributed by atoms with Crippen molar-refractivity contribution in [3.63, 3.8) is 0 Å². The van der Waals surface area contributed by atoms with E-state index in [9.17, 15) is 8.42 Å². The minimum absolute atomic E-state index is 0.124. The van der Waals surface area contributed by atoms with E-state index in [1.165, 1.54) is 6.92 Å². The van der Waals surface area contributed by atoms with Crippen LogP contribution in [0.3, 0.4) is 0 Å². The van der Waals surface area contributed by atoms with Gasteiger partial charge in [-0.3, -0.25) is 0 Å². The third kappa shape index (κ3) is 4.96. The highest BCUT2D eigenvalue weighted by atomic mass is 32.2. The molecule has 0 bridgehead atoms. The maximum Gasteiger partial charge on any atom is 0.216 e. The van der Waals surface area contributed by atoms with E-state index >= 15 is 0 Å². The number of sulfonamides is 1. The van der Waals surface area contributed by atoms with Gasteiger partial charge in [0.15, 0.2) is 0 Å². The summed E-state index contributed by atoms with van der Waals surface area (Å²) in [5.74, 6) is 0.728. The Bertz CT molecular complexity index is 546. The summed E-state index contributed by atoms with van der Waals surface area (Å²) in [6.45, 7) is 1.30. The Morgan fingerprint density at radius 3 is 2.57 bits per heavy atom. The quantitative estimate of drug-likeness (QED) is 0.734. The highest BCUT2D eigenvalue weighted by Gasteiger charge is 2.23. The maximum absolute atomic E-state index is 11.9. The molecule has 0 radical (unpaired) electrons. The first-order valence-corrected chi connectivity index (χ1v) is 8.26. The second-order valence-electron chi connectivity index (χ2n) is 5.14. The number of aliphatic hydroxyl groups is 1. The van der Waals surface area contributed by atoms with Gasteiger partial charge in [0.05, 0.1) is 19.0 Å². The first-order chi connectivity index (χ1) is 9.81. The van der Waals surface area contributed by atoms with Crippen molar-refractivity contribution in [2.45, 2.75) is 18.2 Å². The highest BCUT2D eigenvalue weighted by Crippen LogP contribution is 2.22. The molecule has 0 aliphatic carbocycles. The fraction of sp³-hybridized carbons (Fsp3) is 0.571. The fourth-order valence-electron chi connectivity index (χ4n) is 1.88. The van der Waals surface area contributed by atoms with Gasteiger partial charge in [0.2, 0.25) is 10.0 Å². The zero-order chi connectivity index (χ0) is 16.0. The van der Waals surface area contributed by atoms with Gasteiger partial charge in [-0.05, 0) is 38.7 Å². The molecule has 120 valence electrons. The zero-order valence-electron chi connectivity index (χ0n) is 12.9. The van der Waals surface area contributed by atoms with E-state index in [0.717, 1.165) is 11.3 Å². The van der Waals surface area contributed by atoms with Crippen LogP contribution < -0.4 is 9.46 Å². The molecule has 2 unspecified atom stereocenters. The molecule has 2 N–H and O–H groups in total. The van der Waals surface area contributed by atoms with Gasteiger partial charge in [0.25, 0.3) is 0 Å². The van der Waals surface area contributed by atoms with Crippen LogP contribution in [0.25, 0.3) is 0 Å². The lowest BCUT2D eigenvalue weighted by Gasteiger charge is -2.26. The highest BCUT2D eigenvalue weighted by molar-refractivity contribution is 7.90. The number of nitrogens with one attached hydrogen (secondary N) is 1. The lowest BCUT2D eigenvalue weighted by molar-refractivity contribution is 0.289. The van der Waals surface area contributed by atoms with Gasteiger partial charge in [-0.25, -0.2) is 13.1 Å². The molecule has 1 aromatic rings. The molecule has 1 aromatic carbocycles. The summed E-state index contributed by atoms with van der Waals surface area (Å²) >= 11 is 0. The maximum atomic E-state index is 11.9. The number of likely N-dealkylation sites (N-methyl/N-ethyl adjacent to an activating group) is 1. The molecule has 0 saturated heterocycles. The van der Waals surface area contributed by atoms with Crippen molar-refractivity contribution in [1.29, 1.82) is 0 Å². The third-order valence-electron chi connectivity index (χ3n) is 3.37. The van der Waals surface area contributed by atoms with Gasteiger partial charge in [-0.1, -0.05) is 12.1 Å². The number of hydrogen-bond donors (Lipinski definition) is 2. The normalized spacial score (nSPS) is 15.0. The number of benzene rings is 1. The van der Waals surface area contributed by atoms with Gasteiger partial charge < -0.3 is 14.7 Å². The molecule has 0 saturated carbocycles. The van der Waals surface area contributed by atoms with E-state index in [0.29, 0.717) is 0 Å². The molecule has 21 heavy (non-hydrogen) atoms. The van der Waals surface area contributed by atoms with Crippen LogP contribution >= 0.6 is 0 Å². The minimum atomic E-state index is -3.52. The van der Waals surface area contributed by atoms with Crippen LogP contribution in [0.15, 0.2) is 24.3 Å².